The van der Waals surface area contributed by atoms with Gasteiger partial charge >= 0.3 is 0 Å². The van der Waals surface area contributed by atoms with Gasteiger partial charge in [-0.3, -0.25) is 4.79 Å². The van der Waals surface area contributed by atoms with E-state index in [-0.39, 0.29) is 5.01 Å². The van der Waals surface area contributed by atoms with Gasteiger partial charge < -0.3 is 5.32 Å². The summed E-state index contributed by atoms with van der Waals surface area (Å²) in [5, 5.41) is 7.05. The first kappa shape index (κ1) is 15.7. The number of rotatable bonds is 3. The van der Waals surface area contributed by atoms with Crippen molar-refractivity contribution in [2.45, 2.75) is 0 Å². The number of fused-ring (bicyclic) bond motifs is 1. The van der Waals surface area contributed by atoms with E-state index in [9.17, 15) is 9.18 Å². The molecule has 0 atom stereocenters. The number of hydrogen-bond donors (Lipinski definition) is 1. The number of halogens is 2. The standard InChI is InChI=1S/C17H10ClFN4OS/c18-15-14(12-9-20-23-7-2-1-6-13(12)23)22-17(25-15)16(24)21-11-5-3-4-10(19)8-11/h1-9H,(H,21,24). The first-order valence-electron chi connectivity index (χ1n) is 7.28. The van der Waals surface area contributed by atoms with Crippen LogP contribution in [0.2, 0.25) is 4.34 Å². The highest BCUT2D eigenvalue weighted by atomic mass is 35.5. The molecule has 0 spiro atoms. The van der Waals surface area contributed by atoms with E-state index in [1.807, 2.05) is 24.4 Å². The second-order valence-electron chi connectivity index (χ2n) is 5.19. The zero-order chi connectivity index (χ0) is 17.4. The molecule has 0 bridgehead atoms. The highest BCUT2D eigenvalue weighted by Crippen LogP contribution is 2.35. The SMILES string of the molecule is O=C(Nc1cccc(F)c1)c1nc(-c2cnn3ccccc23)c(Cl)s1. The molecule has 124 valence electrons. The van der Waals surface area contributed by atoms with Crippen LogP contribution in [0.15, 0.2) is 54.9 Å². The third-order valence-electron chi connectivity index (χ3n) is 3.54. The highest BCUT2D eigenvalue weighted by molar-refractivity contribution is 7.18. The van der Waals surface area contributed by atoms with Crippen LogP contribution in [0.25, 0.3) is 16.8 Å². The van der Waals surface area contributed by atoms with Crippen LogP contribution in [0.1, 0.15) is 9.80 Å². The molecule has 0 saturated carbocycles. The number of thiazole rings is 1. The molecule has 1 N–H and O–H groups in total. The van der Waals surface area contributed by atoms with Crippen LogP contribution in [0, 0.1) is 5.82 Å². The summed E-state index contributed by atoms with van der Waals surface area (Å²) < 4.78 is 15.3. The molecule has 3 aromatic heterocycles. The fourth-order valence-electron chi connectivity index (χ4n) is 2.43. The number of carbonyl (C=O) groups excluding carboxylic acids is 1. The van der Waals surface area contributed by atoms with Gasteiger partial charge in [0.05, 0.1) is 11.7 Å². The Morgan fingerprint density at radius 1 is 1.24 bits per heavy atom. The minimum absolute atomic E-state index is 0.194. The molecule has 0 aliphatic rings. The average molecular weight is 373 g/mol. The van der Waals surface area contributed by atoms with E-state index in [1.165, 1.54) is 18.2 Å². The Morgan fingerprint density at radius 2 is 2.12 bits per heavy atom. The van der Waals surface area contributed by atoms with Crippen molar-refractivity contribution in [2.75, 3.05) is 5.32 Å². The number of nitrogens with one attached hydrogen (secondary N) is 1. The number of aromatic nitrogens is 3. The monoisotopic (exact) mass is 372 g/mol. The van der Waals surface area contributed by atoms with E-state index >= 15 is 0 Å². The van der Waals surface area contributed by atoms with E-state index in [0.29, 0.717) is 15.7 Å². The Hall–Kier alpha value is -2.77. The molecule has 0 radical (unpaired) electrons. The fourth-order valence-corrected chi connectivity index (χ4v) is 3.50. The van der Waals surface area contributed by atoms with Gasteiger partial charge in [0.2, 0.25) is 0 Å². The van der Waals surface area contributed by atoms with Crippen LogP contribution in [0.3, 0.4) is 0 Å². The van der Waals surface area contributed by atoms with Crippen LogP contribution in [0.5, 0.6) is 0 Å². The number of hydrogen-bond acceptors (Lipinski definition) is 4. The molecule has 1 amide bonds. The smallest absolute Gasteiger partial charge is 0.284 e. The molecule has 4 rings (SSSR count). The maximum Gasteiger partial charge on any atom is 0.284 e. The van der Waals surface area contributed by atoms with Crippen LogP contribution < -0.4 is 5.32 Å². The van der Waals surface area contributed by atoms with Crippen molar-refractivity contribution in [3.63, 3.8) is 0 Å². The van der Waals surface area contributed by atoms with Gasteiger partial charge in [-0.05, 0) is 30.3 Å². The molecule has 25 heavy (non-hydrogen) atoms. The first-order chi connectivity index (χ1) is 12.1. The summed E-state index contributed by atoms with van der Waals surface area (Å²) in [5.41, 5.74) is 2.43. The number of carbonyl (C=O) groups is 1. The molecule has 0 saturated heterocycles. The summed E-state index contributed by atoms with van der Waals surface area (Å²) in [7, 11) is 0. The fraction of sp³-hybridized carbons (Fsp3) is 0. The molecule has 8 heteroatoms. The Balaban J connectivity index is 1.67. The summed E-state index contributed by atoms with van der Waals surface area (Å²) in [5.74, 6) is -0.873. The van der Waals surface area contributed by atoms with Gasteiger partial charge in [0.1, 0.15) is 15.8 Å². The van der Waals surface area contributed by atoms with Gasteiger partial charge in [-0.15, -0.1) is 0 Å². The van der Waals surface area contributed by atoms with Crippen molar-refractivity contribution >= 4 is 40.0 Å². The van der Waals surface area contributed by atoms with Crippen molar-refractivity contribution in [1.82, 2.24) is 14.6 Å². The Labute approximate surface area is 150 Å². The lowest BCUT2D eigenvalue weighted by molar-refractivity contribution is 0.102. The zero-order valence-corrected chi connectivity index (χ0v) is 14.2. The Morgan fingerprint density at radius 3 is 2.96 bits per heavy atom. The minimum Gasteiger partial charge on any atom is -0.320 e. The second-order valence-corrected chi connectivity index (χ2v) is 6.80. The van der Waals surface area contributed by atoms with E-state index in [0.717, 1.165) is 22.4 Å². The van der Waals surface area contributed by atoms with Gasteiger partial charge in [0, 0.05) is 17.4 Å². The lowest BCUT2D eigenvalue weighted by atomic mass is 10.2. The maximum absolute atomic E-state index is 13.2. The summed E-state index contributed by atoms with van der Waals surface area (Å²) in [6, 6.07) is 11.3. The van der Waals surface area contributed by atoms with Gasteiger partial charge in [-0.25, -0.2) is 13.9 Å². The molecule has 5 nitrogen and oxygen atoms in total. The summed E-state index contributed by atoms with van der Waals surface area (Å²) >= 11 is 7.35. The van der Waals surface area contributed by atoms with E-state index in [4.69, 9.17) is 11.6 Å². The zero-order valence-electron chi connectivity index (χ0n) is 12.6. The molecule has 0 aliphatic heterocycles. The molecular weight excluding hydrogens is 363 g/mol. The van der Waals surface area contributed by atoms with Crippen molar-refractivity contribution < 1.29 is 9.18 Å². The number of benzene rings is 1. The number of amides is 1. The maximum atomic E-state index is 13.2. The van der Waals surface area contributed by atoms with E-state index in [1.54, 1.807) is 16.8 Å². The van der Waals surface area contributed by atoms with E-state index < -0.39 is 11.7 Å². The molecule has 4 aromatic rings. The van der Waals surface area contributed by atoms with Gasteiger partial charge in [0.25, 0.3) is 5.91 Å². The minimum atomic E-state index is -0.444. The third-order valence-corrected chi connectivity index (χ3v) is 4.80. The summed E-state index contributed by atoms with van der Waals surface area (Å²) in [6.45, 7) is 0. The molecular formula is C17H10ClFN4OS. The summed E-state index contributed by atoms with van der Waals surface area (Å²) in [4.78, 5) is 16.7. The normalized spacial score (nSPS) is 11.0. The topological polar surface area (TPSA) is 59.3 Å². The molecule has 0 unspecified atom stereocenters. The molecule has 0 aliphatic carbocycles. The second kappa shape index (κ2) is 6.27. The number of nitrogens with zero attached hydrogens (tertiary/aromatic N) is 3. The highest BCUT2D eigenvalue weighted by Gasteiger charge is 2.19. The quantitative estimate of drug-likeness (QED) is 0.576. The molecule has 3 heterocycles. The third kappa shape index (κ3) is 2.99. The predicted octanol–water partition coefficient (Wildman–Crippen LogP) is 4.50. The van der Waals surface area contributed by atoms with Crippen molar-refractivity contribution in [3.05, 3.63) is 70.0 Å². The van der Waals surface area contributed by atoms with E-state index in [2.05, 4.69) is 15.4 Å². The van der Waals surface area contributed by atoms with Crippen molar-refractivity contribution in [3.8, 4) is 11.3 Å². The lowest BCUT2D eigenvalue weighted by Gasteiger charge is -2.02. The Bertz CT molecular complexity index is 1090. The van der Waals surface area contributed by atoms with Crippen molar-refractivity contribution in [2.24, 2.45) is 0 Å². The van der Waals surface area contributed by atoms with Crippen LogP contribution in [0.4, 0.5) is 10.1 Å². The lowest BCUT2D eigenvalue weighted by Crippen LogP contribution is -2.11. The van der Waals surface area contributed by atoms with Crippen molar-refractivity contribution in [1.29, 1.82) is 0 Å². The van der Waals surface area contributed by atoms with Crippen LogP contribution >= 0.6 is 22.9 Å². The number of anilines is 1. The summed E-state index contributed by atoms with van der Waals surface area (Å²) in [6.07, 6.45) is 3.47. The largest absolute Gasteiger partial charge is 0.320 e. The first-order valence-corrected chi connectivity index (χ1v) is 8.47. The molecule has 0 fully saturated rings. The van der Waals surface area contributed by atoms with Gasteiger partial charge in [0.15, 0.2) is 5.01 Å². The molecule has 1 aromatic carbocycles. The van der Waals surface area contributed by atoms with Gasteiger partial charge in [-0.1, -0.05) is 35.1 Å². The van der Waals surface area contributed by atoms with Gasteiger partial charge in [-0.2, -0.15) is 5.10 Å². The predicted molar refractivity (Wildman–Crippen MR) is 95.7 cm³/mol. The Kier molecular flexibility index (Phi) is 3.95. The average Bonchev–Trinajstić information content (AvgIpc) is 3.18. The van der Waals surface area contributed by atoms with Crippen LogP contribution in [-0.4, -0.2) is 20.5 Å². The number of pyridine rings is 1. The van der Waals surface area contributed by atoms with Crippen LogP contribution in [-0.2, 0) is 0 Å².